The normalized spacial score (nSPS) is 37.0. The summed E-state index contributed by atoms with van der Waals surface area (Å²) in [7, 11) is 0. The van der Waals surface area contributed by atoms with Crippen LogP contribution >= 0.6 is 0 Å². The lowest BCUT2D eigenvalue weighted by atomic mass is 9.51. The Labute approximate surface area is 178 Å². The van der Waals surface area contributed by atoms with Crippen molar-refractivity contribution in [1.82, 2.24) is 5.32 Å². The number of amides is 1. The van der Waals surface area contributed by atoms with E-state index in [2.05, 4.69) is 17.4 Å². The molecule has 0 spiro atoms. The highest BCUT2D eigenvalue weighted by Gasteiger charge is 2.58. The average molecular weight is 414 g/mol. The lowest BCUT2D eigenvalue weighted by Gasteiger charge is -2.53. The lowest BCUT2D eigenvalue weighted by molar-refractivity contribution is -0.138. The zero-order valence-corrected chi connectivity index (χ0v) is 17.8. The van der Waals surface area contributed by atoms with Crippen LogP contribution in [0.15, 0.2) is 36.2 Å². The quantitative estimate of drug-likeness (QED) is 0.706. The summed E-state index contributed by atoms with van der Waals surface area (Å²) >= 11 is 0. The second-order valence-corrected chi connectivity index (χ2v) is 9.86. The van der Waals surface area contributed by atoms with E-state index in [1.54, 1.807) is 0 Å². The van der Waals surface area contributed by atoms with Crippen LogP contribution in [0, 0.1) is 17.3 Å². The molecule has 2 bridgehead atoms. The Bertz CT molecular complexity index is 799. The van der Waals surface area contributed by atoms with E-state index in [9.17, 15) is 9.18 Å². The standard InChI is InChI=1S/C25H32FNO3/c1-2-17(13-26)14-30-19-5-3-18(4-6-19)24-7-10-25(11-8-24,12-9-24)23(28)27-22-20-15-29-16-21(20)22/h3-6,13,20-22H,2,7-12,14-16H2,1H3,(H,27,28). The highest BCUT2D eigenvalue weighted by Crippen LogP contribution is 2.58. The summed E-state index contributed by atoms with van der Waals surface area (Å²) in [5.74, 6) is 2.20. The van der Waals surface area contributed by atoms with Crippen molar-refractivity contribution in [1.29, 1.82) is 0 Å². The number of halogens is 1. The Hall–Kier alpha value is -1.88. The molecule has 162 valence electrons. The number of rotatable bonds is 7. The number of fused-ring (bicyclic) bond motifs is 4. The van der Waals surface area contributed by atoms with E-state index in [1.165, 1.54) is 5.56 Å². The third-order valence-corrected chi connectivity index (χ3v) is 8.48. The van der Waals surface area contributed by atoms with Gasteiger partial charge in [0.05, 0.1) is 19.5 Å². The van der Waals surface area contributed by atoms with Crippen LogP contribution in [0.1, 0.15) is 57.4 Å². The topological polar surface area (TPSA) is 47.6 Å². The van der Waals surface area contributed by atoms with Gasteiger partial charge in [-0.3, -0.25) is 4.79 Å². The molecule has 30 heavy (non-hydrogen) atoms. The summed E-state index contributed by atoms with van der Waals surface area (Å²) in [6.45, 7) is 3.85. The maximum atomic E-state index is 13.1. The Morgan fingerprint density at radius 1 is 1.13 bits per heavy atom. The first-order valence-electron chi connectivity index (χ1n) is 11.5. The fourth-order valence-electron chi connectivity index (χ4n) is 6.01. The lowest BCUT2D eigenvalue weighted by Crippen LogP contribution is -2.52. The molecule has 6 rings (SSSR count). The molecule has 1 aliphatic heterocycles. The van der Waals surface area contributed by atoms with Crippen LogP contribution in [-0.4, -0.2) is 31.8 Å². The van der Waals surface area contributed by atoms with Crippen LogP contribution in [0.2, 0.25) is 0 Å². The molecular formula is C25H32FNO3. The van der Waals surface area contributed by atoms with E-state index >= 15 is 0 Å². The molecule has 1 heterocycles. The fraction of sp³-hybridized carbons (Fsp3) is 0.640. The van der Waals surface area contributed by atoms with Crippen molar-refractivity contribution < 1.29 is 18.7 Å². The third kappa shape index (κ3) is 3.35. The molecule has 5 aliphatic rings. The van der Waals surface area contributed by atoms with Crippen LogP contribution in [0.3, 0.4) is 0 Å². The van der Waals surface area contributed by atoms with Gasteiger partial charge in [-0.1, -0.05) is 19.1 Å². The molecule has 4 nitrogen and oxygen atoms in total. The van der Waals surface area contributed by atoms with E-state index in [4.69, 9.17) is 9.47 Å². The Morgan fingerprint density at radius 3 is 2.33 bits per heavy atom. The molecule has 0 aromatic heterocycles. The SMILES string of the molecule is CCC(=CF)COc1ccc(C23CCC(C(=O)NC4C5COCC54)(CC2)CC3)cc1. The van der Waals surface area contributed by atoms with Gasteiger partial charge in [-0.05, 0) is 73.6 Å². The molecule has 0 radical (unpaired) electrons. The van der Waals surface area contributed by atoms with Gasteiger partial charge in [0, 0.05) is 23.3 Å². The number of ether oxygens (including phenoxy) is 2. The highest BCUT2D eigenvalue weighted by molar-refractivity contribution is 5.84. The van der Waals surface area contributed by atoms with Crippen molar-refractivity contribution in [2.24, 2.45) is 17.3 Å². The van der Waals surface area contributed by atoms with Gasteiger partial charge in [0.15, 0.2) is 0 Å². The number of hydrogen-bond donors (Lipinski definition) is 1. The Balaban J connectivity index is 1.19. The smallest absolute Gasteiger partial charge is 0.226 e. The minimum Gasteiger partial charge on any atom is -0.489 e. The first-order valence-corrected chi connectivity index (χ1v) is 11.5. The van der Waals surface area contributed by atoms with Gasteiger partial charge in [0.25, 0.3) is 0 Å². The first-order chi connectivity index (χ1) is 14.6. The second kappa shape index (κ2) is 7.67. The molecule has 1 saturated heterocycles. The summed E-state index contributed by atoms with van der Waals surface area (Å²) in [5, 5.41) is 3.37. The summed E-state index contributed by atoms with van der Waals surface area (Å²) < 4.78 is 23.9. The van der Waals surface area contributed by atoms with Crippen LogP contribution in [0.25, 0.3) is 0 Å². The van der Waals surface area contributed by atoms with Crippen LogP contribution in [0.4, 0.5) is 4.39 Å². The zero-order valence-electron chi connectivity index (χ0n) is 17.8. The largest absolute Gasteiger partial charge is 0.489 e. The van der Waals surface area contributed by atoms with Gasteiger partial charge >= 0.3 is 0 Å². The van der Waals surface area contributed by atoms with E-state index in [0.29, 0.717) is 48.7 Å². The van der Waals surface area contributed by atoms with Crippen molar-refractivity contribution in [3.8, 4) is 5.75 Å². The van der Waals surface area contributed by atoms with Gasteiger partial charge in [-0.15, -0.1) is 0 Å². The van der Waals surface area contributed by atoms with Gasteiger partial charge in [0.1, 0.15) is 12.4 Å². The van der Waals surface area contributed by atoms with Crippen molar-refractivity contribution in [2.75, 3.05) is 19.8 Å². The first kappa shape index (κ1) is 20.0. The Kier molecular flexibility index (Phi) is 5.12. The number of nitrogens with one attached hydrogen (secondary N) is 1. The minimum absolute atomic E-state index is 0.155. The van der Waals surface area contributed by atoms with Crippen molar-refractivity contribution >= 4 is 5.91 Å². The van der Waals surface area contributed by atoms with Crippen molar-refractivity contribution in [3.63, 3.8) is 0 Å². The molecule has 4 saturated carbocycles. The highest BCUT2D eigenvalue weighted by atomic mass is 19.1. The van der Waals surface area contributed by atoms with E-state index < -0.39 is 0 Å². The predicted molar refractivity (Wildman–Crippen MR) is 113 cm³/mol. The monoisotopic (exact) mass is 413 g/mol. The molecule has 2 unspecified atom stereocenters. The zero-order chi connectivity index (χ0) is 20.8. The average Bonchev–Trinajstić information content (AvgIpc) is 3.21. The van der Waals surface area contributed by atoms with E-state index in [-0.39, 0.29) is 10.8 Å². The van der Waals surface area contributed by atoms with Gasteiger partial charge in [-0.2, -0.15) is 0 Å². The van der Waals surface area contributed by atoms with Gasteiger partial charge < -0.3 is 14.8 Å². The minimum atomic E-state index is -0.155. The molecule has 2 atom stereocenters. The maximum Gasteiger partial charge on any atom is 0.226 e. The molecule has 1 amide bonds. The number of hydrogen-bond acceptors (Lipinski definition) is 3. The summed E-state index contributed by atoms with van der Waals surface area (Å²) in [4.78, 5) is 13.1. The van der Waals surface area contributed by atoms with E-state index in [0.717, 1.165) is 57.5 Å². The molecule has 1 aromatic rings. The van der Waals surface area contributed by atoms with Crippen LogP contribution in [0.5, 0.6) is 5.75 Å². The van der Waals surface area contributed by atoms with E-state index in [1.807, 2.05) is 19.1 Å². The molecule has 5 fully saturated rings. The van der Waals surface area contributed by atoms with Crippen molar-refractivity contribution in [3.05, 3.63) is 41.7 Å². The van der Waals surface area contributed by atoms with Gasteiger partial charge in [0.2, 0.25) is 5.91 Å². The number of carbonyl (C=O) groups is 1. The van der Waals surface area contributed by atoms with Crippen LogP contribution < -0.4 is 10.1 Å². The molecular weight excluding hydrogens is 381 g/mol. The fourth-order valence-corrected chi connectivity index (χ4v) is 6.01. The third-order valence-electron chi connectivity index (χ3n) is 8.48. The maximum absolute atomic E-state index is 13.1. The molecule has 1 aromatic carbocycles. The number of benzene rings is 1. The summed E-state index contributed by atoms with van der Waals surface area (Å²) in [6.07, 6.45) is 7.47. The predicted octanol–water partition coefficient (Wildman–Crippen LogP) is 4.68. The summed E-state index contributed by atoms with van der Waals surface area (Å²) in [5.41, 5.74) is 2.05. The van der Waals surface area contributed by atoms with Crippen molar-refractivity contribution in [2.45, 2.75) is 63.3 Å². The molecule has 4 aliphatic carbocycles. The number of carbonyl (C=O) groups excluding carboxylic acids is 1. The molecule has 5 heteroatoms. The second-order valence-electron chi connectivity index (χ2n) is 9.86. The molecule has 1 N–H and O–H groups in total. The van der Waals surface area contributed by atoms with Gasteiger partial charge in [-0.25, -0.2) is 4.39 Å². The Morgan fingerprint density at radius 2 is 1.77 bits per heavy atom. The summed E-state index contributed by atoms with van der Waals surface area (Å²) in [6, 6.07) is 8.72. The van der Waals surface area contributed by atoms with Crippen LogP contribution in [-0.2, 0) is 14.9 Å².